The summed E-state index contributed by atoms with van der Waals surface area (Å²) in [7, 11) is 0. The van der Waals surface area contributed by atoms with E-state index in [4.69, 9.17) is 11.6 Å². The van der Waals surface area contributed by atoms with Crippen LogP contribution < -0.4 is 0 Å². The maximum absolute atomic E-state index is 12.0. The number of imidazole rings is 1. The van der Waals surface area contributed by atoms with Gasteiger partial charge in [-0.3, -0.25) is 4.79 Å². The number of hydrogen-bond donors (Lipinski definition) is 1. The number of carbonyl (C=O) groups is 1. The summed E-state index contributed by atoms with van der Waals surface area (Å²) in [5.41, 5.74) is 2.45. The number of Topliss-reactive ketones (excluding diaryl/α,β-unsaturated/α-hetero) is 1. The van der Waals surface area contributed by atoms with Crippen LogP contribution in [0.3, 0.4) is 0 Å². The minimum absolute atomic E-state index is 0. The molecule has 0 fully saturated rings. The minimum atomic E-state index is 0. The number of halogens is 2. The second-order valence-corrected chi connectivity index (χ2v) is 5.68. The first kappa shape index (κ1) is 16.1. The molecular weight excluding hydrogens is 372 g/mol. The van der Waals surface area contributed by atoms with Crippen LogP contribution >= 0.6 is 40.3 Å². The van der Waals surface area contributed by atoms with E-state index in [-0.39, 0.29) is 22.8 Å². The number of rotatable bonds is 4. The third-order valence-corrected chi connectivity index (χ3v) is 3.97. The second-order valence-electron chi connectivity index (χ2n) is 4.28. The molecule has 0 atom stereocenters. The molecule has 3 rings (SSSR count). The number of H-pyrrole nitrogens is 1. The van der Waals surface area contributed by atoms with Gasteiger partial charge in [-0.15, -0.1) is 17.0 Å². The Morgan fingerprint density at radius 3 is 2.71 bits per heavy atom. The van der Waals surface area contributed by atoms with Crippen LogP contribution in [0.1, 0.15) is 10.4 Å². The average Bonchev–Trinajstić information content (AvgIpc) is 2.87. The fraction of sp³-hybridized carbons (Fsp3) is 0.0667. The number of aromatic nitrogens is 2. The molecular formula is C15H12BrClN2OS. The molecule has 0 unspecified atom stereocenters. The molecule has 0 aliphatic heterocycles. The monoisotopic (exact) mass is 382 g/mol. The van der Waals surface area contributed by atoms with Crippen molar-refractivity contribution >= 4 is 57.2 Å². The molecule has 108 valence electrons. The molecule has 0 amide bonds. The fourth-order valence-corrected chi connectivity index (χ4v) is 2.82. The summed E-state index contributed by atoms with van der Waals surface area (Å²) in [6.45, 7) is 0. The highest BCUT2D eigenvalue weighted by Crippen LogP contribution is 2.22. The van der Waals surface area contributed by atoms with Crippen molar-refractivity contribution in [3.05, 3.63) is 59.1 Å². The minimum Gasteiger partial charge on any atom is -0.333 e. The molecule has 0 saturated carbocycles. The molecule has 2 aromatic carbocycles. The first-order valence-corrected chi connectivity index (χ1v) is 7.45. The van der Waals surface area contributed by atoms with Gasteiger partial charge in [-0.1, -0.05) is 53.7 Å². The molecule has 1 N–H and O–H groups in total. The Labute approximate surface area is 141 Å². The molecule has 0 saturated heterocycles. The first-order chi connectivity index (χ1) is 9.72. The first-order valence-electron chi connectivity index (χ1n) is 6.09. The number of fused-ring (bicyclic) bond motifs is 1. The second kappa shape index (κ2) is 7.11. The Kier molecular flexibility index (Phi) is 5.45. The van der Waals surface area contributed by atoms with Crippen molar-refractivity contribution in [2.24, 2.45) is 0 Å². The normalized spacial score (nSPS) is 10.3. The van der Waals surface area contributed by atoms with E-state index in [1.54, 1.807) is 6.07 Å². The molecule has 0 bridgehead atoms. The Morgan fingerprint density at radius 2 is 1.95 bits per heavy atom. The largest absolute Gasteiger partial charge is 0.333 e. The highest BCUT2D eigenvalue weighted by atomic mass is 79.9. The van der Waals surface area contributed by atoms with Crippen LogP contribution in [0.25, 0.3) is 11.0 Å². The molecule has 3 aromatic rings. The van der Waals surface area contributed by atoms with E-state index in [1.807, 2.05) is 42.5 Å². The number of nitrogens with zero attached hydrogens (tertiary/aromatic N) is 1. The zero-order valence-electron chi connectivity index (χ0n) is 10.9. The van der Waals surface area contributed by atoms with Gasteiger partial charge in [-0.25, -0.2) is 4.98 Å². The van der Waals surface area contributed by atoms with Crippen LogP contribution in [-0.4, -0.2) is 21.5 Å². The number of nitrogens with one attached hydrogen (secondary N) is 1. The lowest BCUT2D eigenvalue weighted by Crippen LogP contribution is -2.01. The van der Waals surface area contributed by atoms with Crippen LogP contribution in [0.4, 0.5) is 0 Å². The molecule has 1 heterocycles. The third-order valence-electron chi connectivity index (χ3n) is 2.86. The zero-order valence-corrected chi connectivity index (χ0v) is 14.2. The van der Waals surface area contributed by atoms with Gasteiger partial charge in [0.2, 0.25) is 0 Å². The van der Waals surface area contributed by atoms with Gasteiger partial charge in [0.1, 0.15) is 0 Å². The summed E-state index contributed by atoms with van der Waals surface area (Å²) in [5, 5.41) is 1.39. The van der Waals surface area contributed by atoms with E-state index >= 15 is 0 Å². The van der Waals surface area contributed by atoms with E-state index < -0.39 is 0 Å². The Bertz CT molecular complexity index is 761. The lowest BCUT2D eigenvalue weighted by atomic mass is 10.2. The standard InChI is InChI=1S/C15H11ClN2OS.BrH/c16-11-6-7-12-13(8-11)18-15(17-12)20-9-14(19)10-4-2-1-3-5-10;/h1-8H,9H2,(H,17,18);1H. The van der Waals surface area contributed by atoms with Gasteiger partial charge in [-0.05, 0) is 18.2 Å². The van der Waals surface area contributed by atoms with Gasteiger partial charge >= 0.3 is 0 Å². The van der Waals surface area contributed by atoms with E-state index in [9.17, 15) is 4.79 Å². The van der Waals surface area contributed by atoms with E-state index in [0.29, 0.717) is 10.8 Å². The smallest absolute Gasteiger partial charge is 0.173 e. The lowest BCUT2D eigenvalue weighted by molar-refractivity contribution is 0.102. The molecule has 0 radical (unpaired) electrons. The molecule has 0 spiro atoms. The summed E-state index contributed by atoms with van der Waals surface area (Å²) in [4.78, 5) is 19.6. The van der Waals surface area contributed by atoms with Crippen molar-refractivity contribution in [1.82, 2.24) is 9.97 Å². The van der Waals surface area contributed by atoms with Crippen molar-refractivity contribution in [3.8, 4) is 0 Å². The van der Waals surface area contributed by atoms with Crippen LogP contribution in [0.15, 0.2) is 53.7 Å². The molecule has 0 aliphatic rings. The van der Waals surface area contributed by atoms with Crippen molar-refractivity contribution in [3.63, 3.8) is 0 Å². The van der Waals surface area contributed by atoms with Gasteiger partial charge in [0.25, 0.3) is 0 Å². The topological polar surface area (TPSA) is 45.8 Å². The van der Waals surface area contributed by atoms with Gasteiger partial charge in [-0.2, -0.15) is 0 Å². The summed E-state index contributed by atoms with van der Waals surface area (Å²) in [6, 6.07) is 14.7. The molecule has 6 heteroatoms. The summed E-state index contributed by atoms with van der Waals surface area (Å²) >= 11 is 7.32. The van der Waals surface area contributed by atoms with Crippen LogP contribution in [0.2, 0.25) is 5.02 Å². The predicted octanol–water partition coefficient (Wildman–Crippen LogP) is 4.77. The van der Waals surface area contributed by atoms with E-state index in [1.165, 1.54) is 11.8 Å². The van der Waals surface area contributed by atoms with E-state index in [2.05, 4.69) is 9.97 Å². The fourth-order valence-electron chi connectivity index (χ4n) is 1.87. The van der Waals surface area contributed by atoms with Crippen molar-refractivity contribution in [2.75, 3.05) is 5.75 Å². The van der Waals surface area contributed by atoms with Gasteiger partial charge in [0.05, 0.1) is 16.8 Å². The maximum Gasteiger partial charge on any atom is 0.173 e. The maximum atomic E-state index is 12.0. The average molecular weight is 384 g/mol. The number of benzene rings is 2. The lowest BCUT2D eigenvalue weighted by Gasteiger charge is -1.98. The van der Waals surface area contributed by atoms with Crippen LogP contribution in [-0.2, 0) is 0 Å². The van der Waals surface area contributed by atoms with Crippen molar-refractivity contribution in [1.29, 1.82) is 0 Å². The Balaban J connectivity index is 0.00000161. The van der Waals surface area contributed by atoms with Gasteiger partial charge < -0.3 is 4.98 Å². The summed E-state index contributed by atoms with van der Waals surface area (Å²) in [6.07, 6.45) is 0. The predicted molar refractivity (Wildman–Crippen MR) is 92.9 cm³/mol. The van der Waals surface area contributed by atoms with Gasteiger partial charge in [0.15, 0.2) is 10.9 Å². The summed E-state index contributed by atoms with van der Waals surface area (Å²) < 4.78 is 0. The number of carbonyl (C=O) groups excluding carboxylic acids is 1. The van der Waals surface area contributed by atoms with Crippen LogP contribution in [0, 0.1) is 0 Å². The number of hydrogen-bond acceptors (Lipinski definition) is 3. The van der Waals surface area contributed by atoms with Crippen molar-refractivity contribution < 1.29 is 4.79 Å². The number of ketones is 1. The molecule has 0 aliphatic carbocycles. The number of aromatic amines is 1. The number of thioether (sulfide) groups is 1. The zero-order chi connectivity index (χ0) is 13.9. The molecule has 3 nitrogen and oxygen atoms in total. The SMILES string of the molecule is Br.O=C(CSc1nc2ccc(Cl)cc2[nH]1)c1ccccc1. The van der Waals surface area contributed by atoms with Crippen molar-refractivity contribution in [2.45, 2.75) is 5.16 Å². The van der Waals surface area contributed by atoms with Crippen LogP contribution in [0.5, 0.6) is 0 Å². The van der Waals surface area contributed by atoms with E-state index in [0.717, 1.165) is 21.8 Å². The Hall–Kier alpha value is -1.30. The van der Waals surface area contributed by atoms with Gasteiger partial charge in [0, 0.05) is 10.6 Å². The highest BCUT2D eigenvalue weighted by molar-refractivity contribution is 8.93. The Morgan fingerprint density at radius 1 is 1.19 bits per heavy atom. The molecule has 21 heavy (non-hydrogen) atoms. The highest BCUT2D eigenvalue weighted by Gasteiger charge is 2.09. The quantitative estimate of drug-likeness (QED) is 0.521. The molecule has 1 aromatic heterocycles. The third kappa shape index (κ3) is 3.87. The summed E-state index contributed by atoms with van der Waals surface area (Å²) in [5.74, 6) is 0.450.